The molecule has 1 N–H and O–H groups in total. The lowest BCUT2D eigenvalue weighted by molar-refractivity contribution is 0.0983. The van der Waals surface area contributed by atoms with E-state index in [4.69, 9.17) is 0 Å². The number of H-pyrrole nitrogens is 1. The molecule has 7 nitrogen and oxygen atoms in total. The van der Waals surface area contributed by atoms with Gasteiger partial charge in [0, 0.05) is 30.3 Å². The smallest absolute Gasteiger partial charge is 0.277 e. The zero-order valence-corrected chi connectivity index (χ0v) is 13.1. The molecule has 0 radical (unpaired) electrons. The van der Waals surface area contributed by atoms with Gasteiger partial charge in [-0.15, -0.1) is 0 Å². The van der Waals surface area contributed by atoms with Crippen LogP contribution < -0.4 is 5.56 Å². The predicted octanol–water partition coefficient (Wildman–Crippen LogP) is 0.787. The van der Waals surface area contributed by atoms with Crippen molar-refractivity contribution in [2.45, 2.75) is 24.8 Å². The van der Waals surface area contributed by atoms with E-state index in [1.807, 2.05) is 0 Å². The number of carbonyl (C=O) groups is 2. The number of fused-ring (bicyclic) bond motifs is 1. The third-order valence-electron chi connectivity index (χ3n) is 3.88. The summed E-state index contributed by atoms with van der Waals surface area (Å²) >= 11 is 0. The van der Waals surface area contributed by atoms with Crippen LogP contribution in [0.2, 0.25) is 0 Å². The Labute approximate surface area is 131 Å². The quantitative estimate of drug-likeness (QED) is 0.835. The summed E-state index contributed by atoms with van der Waals surface area (Å²) in [5, 5.41) is 2.68. The van der Waals surface area contributed by atoms with Crippen LogP contribution in [0.25, 0.3) is 0 Å². The highest BCUT2D eigenvalue weighted by molar-refractivity contribution is 7.91. The van der Waals surface area contributed by atoms with Crippen molar-refractivity contribution in [3.05, 3.63) is 51.4 Å². The van der Waals surface area contributed by atoms with Gasteiger partial charge >= 0.3 is 0 Å². The number of aromatic amines is 1. The lowest BCUT2D eigenvalue weighted by Gasteiger charge is -2.15. The third kappa shape index (κ3) is 2.44. The molecule has 1 aromatic heterocycles. The van der Waals surface area contributed by atoms with Crippen molar-refractivity contribution in [3.8, 4) is 0 Å². The Bertz CT molecular complexity index is 982. The number of nitrogens with zero attached hydrogens (tertiary/aromatic N) is 1. The molecule has 0 spiro atoms. The Morgan fingerprint density at radius 2 is 2.04 bits per heavy atom. The number of aryl methyl sites for hydroxylation is 1. The maximum Gasteiger partial charge on any atom is 0.277 e. The molecular weight excluding hydrogens is 320 g/mol. The molecule has 23 heavy (non-hydrogen) atoms. The van der Waals surface area contributed by atoms with Gasteiger partial charge in [-0.3, -0.25) is 19.1 Å². The van der Waals surface area contributed by atoms with Crippen LogP contribution in [-0.4, -0.2) is 35.5 Å². The predicted molar refractivity (Wildman–Crippen MR) is 81.6 cm³/mol. The van der Waals surface area contributed by atoms with E-state index in [0.717, 1.165) is 0 Å². The second kappa shape index (κ2) is 5.31. The molecule has 0 saturated heterocycles. The monoisotopic (exact) mass is 334 g/mol. The van der Waals surface area contributed by atoms with Crippen LogP contribution in [0.5, 0.6) is 0 Å². The molecule has 0 aliphatic carbocycles. The summed E-state index contributed by atoms with van der Waals surface area (Å²) in [6, 6.07) is 3.86. The van der Waals surface area contributed by atoms with Gasteiger partial charge in [0.15, 0.2) is 21.4 Å². The number of nitrogens with one attached hydrogen (secondary N) is 1. The number of hydrogen-bond donors (Lipinski definition) is 1. The second-order valence-corrected chi connectivity index (χ2v) is 7.35. The normalized spacial score (nSPS) is 16.1. The number of Topliss-reactive ketones (excluding diaryl/α,β-unsaturated/α-hetero) is 1. The topological polar surface area (TPSA) is 106 Å². The van der Waals surface area contributed by atoms with Crippen molar-refractivity contribution in [1.29, 1.82) is 0 Å². The molecule has 0 unspecified atom stereocenters. The van der Waals surface area contributed by atoms with Crippen molar-refractivity contribution < 1.29 is 18.0 Å². The van der Waals surface area contributed by atoms with Gasteiger partial charge in [-0.1, -0.05) is 0 Å². The Morgan fingerprint density at radius 3 is 2.70 bits per heavy atom. The highest BCUT2D eigenvalue weighted by Crippen LogP contribution is 2.26. The first kappa shape index (κ1) is 15.4. The second-order valence-electron chi connectivity index (χ2n) is 5.27. The van der Waals surface area contributed by atoms with Gasteiger partial charge in [-0.2, -0.15) is 0 Å². The molecular formula is C15H14N2O5S. The van der Waals surface area contributed by atoms with E-state index in [9.17, 15) is 22.8 Å². The van der Waals surface area contributed by atoms with Crippen LogP contribution in [-0.2, 0) is 16.4 Å². The van der Waals surface area contributed by atoms with Gasteiger partial charge in [-0.25, -0.2) is 8.42 Å². The van der Waals surface area contributed by atoms with Gasteiger partial charge in [0.25, 0.3) is 5.56 Å². The van der Waals surface area contributed by atoms with Gasteiger partial charge in [0.05, 0.1) is 10.6 Å². The van der Waals surface area contributed by atoms with E-state index in [1.165, 1.54) is 29.1 Å². The lowest BCUT2D eigenvalue weighted by Crippen LogP contribution is -2.23. The maximum absolute atomic E-state index is 12.5. The Hall–Kier alpha value is -2.48. The fraction of sp³-hybridized carbons (Fsp3) is 0.267. The van der Waals surface area contributed by atoms with E-state index < -0.39 is 21.2 Å². The summed E-state index contributed by atoms with van der Waals surface area (Å²) in [5.74, 6) is -1.08. The molecule has 1 aliphatic heterocycles. The molecule has 3 rings (SSSR count). The van der Waals surface area contributed by atoms with Crippen LogP contribution >= 0.6 is 0 Å². The Balaban J connectivity index is 2.10. The van der Waals surface area contributed by atoms with Crippen molar-refractivity contribution in [1.82, 2.24) is 9.78 Å². The van der Waals surface area contributed by atoms with Gasteiger partial charge in [0.2, 0.25) is 0 Å². The molecule has 0 bridgehead atoms. The van der Waals surface area contributed by atoms with Gasteiger partial charge in [0.1, 0.15) is 5.56 Å². The summed E-state index contributed by atoms with van der Waals surface area (Å²) in [5.41, 5.74) is -0.353. The molecule has 1 aliphatic rings. The average Bonchev–Trinajstić information content (AvgIpc) is 2.91. The molecule has 0 saturated carbocycles. The molecule has 0 fully saturated rings. The van der Waals surface area contributed by atoms with Crippen molar-refractivity contribution in [2.75, 3.05) is 5.75 Å². The molecule has 0 atom stereocenters. The first-order valence-electron chi connectivity index (χ1n) is 7.08. The number of hydrogen-bond acceptors (Lipinski definition) is 5. The minimum absolute atomic E-state index is 0.0217. The first-order valence-corrected chi connectivity index (χ1v) is 8.73. The molecule has 1 aromatic carbocycles. The van der Waals surface area contributed by atoms with Crippen LogP contribution in [0.1, 0.15) is 39.6 Å². The van der Waals surface area contributed by atoms with Gasteiger partial charge in [-0.05, 0) is 25.1 Å². The van der Waals surface area contributed by atoms with E-state index in [1.54, 1.807) is 6.92 Å². The van der Waals surface area contributed by atoms with E-state index >= 15 is 0 Å². The number of sulfone groups is 1. The summed E-state index contributed by atoms with van der Waals surface area (Å²) in [7, 11) is -3.49. The minimum atomic E-state index is -3.49. The molecule has 2 aromatic rings. The standard InChI is InChI=1S/C15H14N2O5S/c1-2-17-15(20)11(8-16-17)14(19)9-3-4-13-10(7-9)12(18)5-6-23(13,21)22/h3-4,7-8,16H,2,5-6H2,1H3. The average molecular weight is 334 g/mol. The highest BCUT2D eigenvalue weighted by Gasteiger charge is 2.30. The van der Waals surface area contributed by atoms with Gasteiger partial charge < -0.3 is 5.10 Å². The molecule has 120 valence electrons. The van der Waals surface area contributed by atoms with E-state index in [-0.39, 0.29) is 39.5 Å². The van der Waals surface area contributed by atoms with Crippen molar-refractivity contribution in [2.24, 2.45) is 0 Å². The summed E-state index contributed by atoms with van der Waals surface area (Å²) in [6.45, 7) is 2.15. The SMILES string of the molecule is CCn1[nH]cc(C(=O)c2ccc3c(c2)C(=O)CCS3(=O)=O)c1=O. The summed E-state index contributed by atoms with van der Waals surface area (Å²) in [6.07, 6.45) is 1.21. The van der Waals surface area contributed by atoms with Crippen LogP contribution in [0, 0.1) is 0 Å². The van der Waals surface area contributed by atoms with E-state index in [0.29, 0.717) is 6.54 Å². The van der Waals surface area contributed by atoms with Crippen molar-refractivity contribution in [3.63, 3.8) is 0 Å². The number of aromatic nitrogens is 2. The zero-order valence-electron chi connectivity index (χ0n) is 12.3. The van der Waals surface area contributed by atoms with Crippen LogP contribution in [0.4, 0.5) is 0 Å². The fourth-order valence-electron chi connectivity index (χ4n) is 2.59. The van der Waals surface area contributed by atoms with Crippen LogP contribution in [0.3, 0.4) is 0 Å². The zero-order chi connectivity index (χ0) is 16.8. The summed E-state index contributed by atoms with van der Waals surface area (Å²) < 4.78 is 25.2. The summed E-state index contributed by atoms with van der Waals surface area (Å²) in [4.78, 5) is 36.4. The van der Waals surface area contributed by atoms with Crippen molar-refractivity contribution >= 4 is 21.4 Å². The molecule has 8 heteroatoms. The number of ketones is 2. The van der Waals surface area contributed by atoms with E-state index in [2.05, 4.69) is 5.10 Å². The third-order valence-corrected chi connectivity index (χ3v) is 5.64. The molecule has 0 amide bonds. The fourth-order valence-corrected chi connectivity index (χ4v) is 4.05. The lowest BCUT2D eigenvalue weighted by atomic mass is 10.0. The molecule has 2 heterocycles. The Kier molecular flexibility index (Phi) is 3.56. The highest BCUT2D eigenvalue weighted by atomic mass is 32.2. The Morgan fingerprint density at radius 1 is 1.30 bits per heavy atom. The number of benzene rings is 1. The largest absolute Gasteiger partial charge is 0.302 e. The number of carbonyl (C=O) groups excluding carboxylic acids is 2. The first-order chi connectivity index (χ1) is 10.8. The number of rotatable bonds is 3. The maximum atomic E-state index is 12.5. The van der Waals surface area contributed by atoms with Crippen LogP contribution in [0.15, 0.2) is 34.1 Å². The minimum Gasteiger partial charge on any atom is -0.302 e.